The maximum Gasteiger partial charge on any atom is 0.130 e. The summed E-state index contributed by atoms with van der Waals surface area (Å²) < 4.78 is 28.4. The Morgan fingerprint density at radius 3 is 2.40 bits per heavy atom. The van der Waals surface area contributed by atoms with Gasteiger partial charge in [0, 0.05) is 23.5 Å². The van der Waals surface area contributed by atoms with Crippen molar-refractivity contribution in [3.8, 4) is 0 Å². The first-order valence-electron chi connectivity index (χ1n) is 6.11. The molecule has 1 aromatic carbocycles. The first kappa shape index (κ1) is 15.4. The van der Waals surface area contributed by atoms with Crippen molar-refractivity contribution >= 4 is 22.9 Å². The van der Waals surface area contributed by atoms with Crippen LogP contribution in [0.4, 0.5) is 8.78 Å². The summed E-state index contributed by atoms with van der Waals surface area (Å²) in [4.78, 5) is 2.84. The topological polar surface area (TPSA) is 29.3 Å². The Balaban J connectivity index is 2.23. The van der Waals surface area contributed by atoms with Crippen LogP contribution < -0.4 is 5.73 Å². The summed E-state index contributed by atoms with van der Waals surface area (Å²) in [5.41, 5.74) is 5.72. The Labute approximate surface area is 125 Å². The van der Waals surface area contributed by atoms with E-state index in [4.69, 9.17) is 17.3 Å². The quantitative estimate of drug-likeness (QED) is 0.909. The normalized spacial score (nSPS) is 12.9. The highest BCUT2D eigenvalue weighted by molar-refractivity contribution is 7.16. The number of benzene rings is 1. The molecule has 0 bridgehead atoms. The van der Waals surface area contributed by atoms with Crippen molar-refractivity contribution in [2.45, 2.75) is 12.6 Å². The van der Waals surface area contributed by atoms with Crippen LogP contribution in [0.1, 0.15) is 16.5 Å². The van der Waals surface area contributed by atoms with Gasteiger partial charge in [-0.3, -0.25) is 4.90 Å². The summed E-state index contributed by atoms with van der Waals surface area (Å²) in [5, 5.41) is 0. The molecule has 0 aliphatic heterocycles. The molecule has 0 saturated carbocycles. The highest BCUT2D eigenvalue weighted by Crippen LogP contribution is 2.28. The lowest BCUT2D eigenvalue weighted by Gasteiger charge is -2.27. The van der Waals surface area contributed by atoms with Crippen molar-refractivity contribution in [1.29, 1.82) is 0 Å². The molecular weight excluding hydrogens is 302 g/mol. The van der Waals surface area contributed by atoms with Gasteiger partial charge in [-0.1, -0.05) is 17.7 Å². The average molecular weight is 317 g/mol. The molecule has 2 N–H and O–H groups in total. The van der Waals surface area contributed by atoms with Crippen molar-refractivity contribution in [1.82, 2.24) is 4.90 Å². The molecule has 0 saturated heterocycles. The molecule has 1 heterocycles. The van der Waals surface area contributed by atoms with E-state index >= 15 is 0 Å². The average Bonchev–Trinajstić information content (AvgIpc) is 2.79. The smallest absolute Gasteiger partial charge is 0.130 e. The molecule has 6 heteroatoms. The van der Waals surface area contributed by atoms with E-state index in [-0.39, 0.29) is 12.1 Å². The van der Waals surface area contributed by atoms with Gasteiger partial charge in [0.15, 0.2) is 0 Å². The van der Waals surface area contributed by atoms with Gasteiger partial charge in [-0.15, -0.1) is 11.3 Å². The monoisotopic (exact) mass is 316 g/mol. The minimum absolute atomic E-state index is 0.0140. The van der Waals surface area contributed by atoms with Gasteiger partial charge >= 0.3 is 0 Å². The van der Waals surface area contributed by atoms with Crippen LogP contribution >= 0.6 is 22.9 Å². The third-order valence-electron chi connectivity index (χ3n) is 3.12. The highest BCUT2D eigenvalue weighted by atomic mass is 35.5. The Hall–Kier alpha value is -1.01. The van der Waals surface area contributed by atoms with Gasteiger partial charge in [-0.05, 0) is 31.3 Å². The van der Waals surface area contributed by atoms with Crippen molar-refractivity contribution < 1.29 is 8.78 Å². The number of nitrogens with zero attached hydrogens (tertiary/aromatic N) is 1. The Kier molecular flexibility index (Phi) is 5.10. The molecule has 0 aliphatic carbocycles. The van der Waals surface area contributed by atoms with Gasteiger partial charge in [0.1, 0.15) is 11.6 Å². The molecule has 20 heavy (non-hydrogen) atoms. The number of thiophene rings is 1. The first-order chi connectivity index (χ1) is 9.52. The third-order valence-corrected chi connectivity index (χ3v) is 4.34. The lowest BCUT2D eigenvalue weighted by molar-refractivity contribution is 0.233. The lowest BCUT2D eigenvalue weighted by atomic mass is 10.0. The minimum Gasteiger partial charge on any atom is -0.329 e. The van der Waals surface area contributed by atoms with E-state index in [0.29, 0.717) is 10.9 Å². The Bertz CT molecular complexity index is 568. The largest absolute Gasteiger partial charge is 0.329 e. The van der Waals surface area contributed by atoms with Crippen LogP contribution in [0.2, 0.25) is 4.34 Å². The van der Waals surface area contributed by atoms with Crippen molar-refractivity contribution in [2.24, 2.45) is 5.73 Å². The molecule has 0 spiro atoms. The summed E-state index contributed by atoms with van der Waals surface area (Å²) in [6, 6.07) is 7.03. The summed E-state index contributed by atoms with van der Waals surface area (Å²) in [6.07, 6.45) is 0. The summed E-state index contributed by atoms with van der Waals surface area (Å²) in [6.45, 7) is 0.667. The highest BCUT2D eigenvalue weighted by Gasteiger charge is 2.23. The first-order valence-corrected chi connectivity index (χ1v) is 7.30. The predicted octanol–water partition coefficient (Wildman–Crippen LogP) is 3.81. The fourth-order valence-electron chi connectivity index (χ4n) is 2.14. The van der Waals surface area contributed by atoms with Gasteiger partial charge in [0.25, 0.3) is 0 Å². The molecule has 2 aromatic rings. The number of likely N-dealkylation sites (N-methyl/N-ethyl adjacent to an activating group) is 1. The van der Waals surface area contributed by atoms with Gasteiger partial charge in [0.05, 0.1) is 10.4 Å². The maximum atomic E-state index is 13.9. The van der Waals surface area contributed by atoms with Gasteiger partial charge in [-0.25, -0.2) is 8.78 Å². The molecule has 1 unspecified atom stereocenters. The second kappa shape index (κ2) is 6.63. The number of hydrogen-bond acceptors (Lipinski definition) is 3. The fourth-order valence-corrected chi connectivity index (χ4v) is 3.29. The molecule has 0 amide bonds. The summed E-state index contributed by atoms with van der Waals surface area (Å²) >= 11 is 7.32. The summed E-state index contributed by atoms with van der Waals surface area (Å²) in [5.74, 6) is -1.15. The number of hydrogen-bond donors (Lipinski definition) is 1. The van der Waals surface area contributed by atoms with E-state index in [9.17, 15) is 8.78 Å². The van der Waals surface area contributed by atoms with Crippen LogP contribution in [-0.4, -0.2) is 18.5 Å². The van der Waals surface area contributed by atoms with E-state index in [1.807, 2.05) is 11.0 Å². The summed E-state index contributed by atoms with van der Waals surface area (Å²) in [7, 11) is 1.79. The van der Waals surface area contributed by atoms with Crippen LogP contribution in [0.15, 0.2) is 30.3 Å². The molecule has 1 atom stereocenters. The van der Waals surface area contributed by atoms with Crippen LogP contribution in [0.3, 0.4) is 0 Å². The SMILES string of the molecule is CN(Cc1ccc(Cl)s1)C(CN)c1c(F)cccc1F. The second-order valence-corrected chi connectivity index (χ2v) is 6.31. The van der Waals surface area contributed by atoms with Crippen molar-refractivity contribution in [3.05, 3.63) is 56.7 Å². The molecule has 0 radical (unpaired) electrons. The van der Waals surface area contributed by atoms with Gasteiger partial charge in [0.2, 0.25) is 0 Å². The van der Waals surface area contributed by atoms with E-state index in [1.54, 1.807) is 13.1 Å². The zero-order chi connectivity index (χ0) is 14.7. The van der Waals surface area contributed by atoms with E-state index in [1.165, 1.54) is 29.5 Å². The molecule has 2 nitrogen and oxygen atoms in total. The number of rotatable bonds is 5. The molecular formula is C14H15ClF2N2S. The van der Waals surface area contributed by atoms with E-state index in [2.05, 4.69) is 0 Å². The fraction of sp³-hybridized carbons (Fsp3) is 0.286. The van der Waals surface area contributed by atoms with Crippen LogP contribution in [0.5, 0.6) is 0 Å². The van der Waals surface area contributed by atoms with Crippen molar-refractivity contribution in [2.75, 3.05) is 13.6 Å². The Morgan fingerprint density at radius 2 is 1.90 bits per heavy atom. The van der Waals surface area contributed by atoms with E-state index in [0.717, 1.165) is 4.88 Å². The molecule has 0 aliphatic rings. The van der Waals surface area contributed by atoms with E-state index < -0.39 is 17.7 Å². The zero-order valence-electron chi connectivity index (χ0n) is 10.9. The standard InChI is InChI=1S/C14H15ClF2N2S/c1-19(8-9-5-6-13(15)20-9)12(7-18)14-10(16)3-2-4-11(14)17/h2-6,12H,7-8,18H2,1H3. The number of nitrogens with two attached hydrogens (primary N) is 1. The zero-order valence-corrected chi connectivity index (χ0v) is 12.5. The predicted molar refractivity (Wildman–Crippen MR) is 78.9 cm³/mol. The van der Waals surface area contributed by atoms with Gasteiger partial charge in [-0.2, -0.15) is 0 Å². The molecule has 108 valence electrons. The number of halogens is 3. The minimum atomic E-state index is -0.573. The maximum absolute atomic E-state index is 13.9. The third kappa shape index (κ3) is 3.35. The lowest BCUT2D eigenvalue weighted by Crippen LogP contribution is -2.31. The van der Waals surface area contributed by atoms with Crippen LogP contribution in [0, 0.1) is 11.6 Å². The Morgan fingerprint density at radius 1 is 1.25 bits per heavy atom. The molecule has 1 aromatic heterocycles. The molecule has 0 fully saturated rings. The van der Waals surface area contributed by atoms with Crippen LogP contribution in [0.25, 0.3) is 0 Å². The van der Waals surface area contributed by atoms with Crippen molar-refractivity contribution in [3.63, 3.8) is 0 Å². The second-order valence-electron chi connectivity index (χ2n) is 4.51. The van der Waals surface area contributed by atoms with Gasteiger partial charge < -0.3 is 5.73 Å². The molecule has 2 rings (SSSR count). The van der Waals surface area contributed by atoms with Crippen LogP contribution in [-0.2, 0) is 6.54 Å².